The molecule has 0 spiro atoms. The van der Waals surface area contributed by atoms with Crippen LogP contribution in [-0.2, 0) is 0 Å². The van der Waals surface area contributed by atoms with Gasteiger partial charge in [-0.15, -0.1) is 0 Å². The first kappa shape index (κ1) is 11.8. The van der Waals surface area contributed by atoms with E-state index in [0.29, 0.717) is 5.88 Å². The van der Waals surface area contributed by atoms with Gasteiger partial charge in [0.1, 0.15) is 0 Å². The van der Waals surface area contributed by atoms with Crippen molar-refractivity contribution in [3.05, 3.63) is 54.9 Å². The number of pyridine rings is 1. The predicted octanol–water partition coefficient (Wildman–Crippen LogP) is 2.95. The van der Waals surface area contributed by atoms with Crippen molar-refractivity contribution in [3.63, 3.8) is 0 Å². The molecule has 0 saturated carbocycles. The van der Waals surface area contributed by atoms with Crippen LogP contribution in [0.3, 0.4) is 0 Å². The van der Waals surface area contributed by atoms with Crippen molar-refractivity contribution >= 4 is 16.6 Å². The predicted molar refractivity (Wildman–Crippen MR) is 80.3 cm³/mol. The average molecular weight is 276 g/mol. The van der Waals surface area contributed by atoms with E-state index >= 15 is 0 Å². The molecule has 0 aliphatic heterocycles. The molecule has 4 aromatic rings. The first-order valence-electron chi connectivity index (χ1n) is 6.60. The van der Waals surface area contributed by atoms with Crippen LogP contribution >= 0.6 is 0 Å². The van der Waals surface area contributed by atoms with E-state index in [1.165, 1.54) is 0 Å². The second-order valence-electron chi connectivity index (χ2n) is 4.69. The van der Waals surface area contributed by atoms with E-state index in [-0.39, 0.29) is 0 Å². The van der Waals surface area contributed by atoms with Crippen LogP contribution in [0.4, 0.5) is 0 Å². The molecule has 0 atom stereocenters. The molecule has 21 heavy (non-hydrogen) atoms. The molecule has 0 aliphatic carbocycles. The minimum atomic E-state index is 0.570. The maximum atomic E-state index is 5.43. The monoisotopic (exact) mass is 276 g/mol. The average Bonchev–Trinajstić information content (AvgIpc) is 3.01. The summed E-state index contributed by atoms with van der Waals surface area (Å²) in [5, 5.41) is 5.61. The summed E-state index contributed by atoms with van der Waals surface area (Å²) in [4.78, 5) is 8.75. The van der Waals surface area contributed by atoms with Crippen LogP contribution in [0.5, 0.6) is 5.88 Å². The third-order valence-corrected chi connectivity index (χ3v) is 3.41. The molecule has 4 rings (SSSR count). The SMILES string of the molecule is COc1nc2ccccc2cc1-c1ccc2nccn2n1. The lowest BCUT2D eigenvalue weighted by molar-refractivity contribution is 0.401. The van der Waals surface area contributed by atoms with Gasteiger partial charge in [0.25, 0.3) is 0 Å². The molecular formula is C16H12N4O. The molecule has 0 unspecified atom stereocenters. The number of methoxy groups -OCH3 is 1. The molecule has 0 radical (unpaired) electrons. The number of rotatable bonds is 2. The molecule has 5 nitrogen and oxygen atoms in total. The Bertz CT molecular complexity index is 945. The van der Waals surface area contributed by atoms with Gasteiger partial charge in [0.05, 0.1) is 23.9 Å². The van der Waals surface area contributed by atoms with E-state index in [4.69, 9.17) is 4.74 Å². The molecule has 3 heterocycles. The van der Waals surface area contributed by atoms with Crippen LogP contribution in [0.2, 0.25) is 0 Å². The number of aromatic nitrogens is 4. The number of hydrogen-bond donors (Lipinski definition) is 0. The Kier molecular flexibility index (Phi) is 2.57. The van der Waals surface area contributed by atoms with Crippen molar-refractivity contribution in [2.75, 3.05) is 7.11 Å². The lowest BCUT2D eigenvalue weighted by atomic mass is 10.1. The van der Waals surface area contributed by atoms with Crippen molar-refractivity contribution in [3.8, 4) is 17.1 Å². The Labute approximate surface area is 120 Å². The maximum Gasteiger partial charge on any atom is 0.223 e. The number of nitrogens with zero attached hydrogens (tertiary/aromatic N) is 4. The number of fused-ring (bicyclic) bond motifs is 2. The van der Waals surface area contributed by atoms with Crippen LogP contribution < -0.4 is 4.74 Å². The molecule has 1 aromatic carbocycles. The Morgan fingerprint density at radius 1 is 1.10 bits per heavy atom. The van der Waals surface area contributed by atoms with Gasteiger partial charge < -0.3 is 4.74 Å². The lowest BCUT2D eigenvalue weighted by Crippen LogP contribution is -1.97. The van der Waals surface area contributed by atoms with Gasteiger partial charge in [-0.1, -0.05) is 18.2 Å². The summed E-state index contributed by atoms with van der Waals surface area (Å²) in [7, 11) is 1.62. The van der Waals surface area contributed by atoms with Gasteiger partial charge in [0.2, 0.25) is 5.88 Å². The van der Waals surface area contributed by atoms with Gasteiger partial charge in [-0.3, -0.25) is 0 Å². The molecular weight excluding hydrogens is 264 g/mol. The zero-order valence-electron chi connectivity index (χ0n) is 11.4. The van der Waals surface area contributed by atoms with Crippen LogP contribution in [0.15, 0.2) is 54.9 Å². The van der Waals surface area contributed by atoms with E-state index < -0.39 is 0 Å². The van der Waals surface area contributed by atoms with Crippen molar-refractivity contribution in [2.45, 2.75) is 0 Å². The van der Waals surface area contributed by atoms with E-state index in [1.54, 1.807) is 17.8 Å². The molecule has 3 aromatic heterocycles. The maximum absolute atomic E-state index is 5.43. The minimum Gasteiger partial charge on any atom is -0.480 e. The smallest absolute Gasteiger partial charge is 0.223 e. The Balaban J connectivity index is 1.98. The highest BCUT2D eigenvalue weighted by Crippen LogP contribution is 2.30. The molecule has 0 bridgehead atoms. The highest BCUT2D eigenvalue weighted by molar-refractivity contribution is 5.85. The van der Waals surface area contributed by atoms with Crippen molar-refractivity contribution in [2.24, 2.45) is 0 Å². The molecule has 0 fully saturated rings. The van der Waals surface area contributed by atoms with E-state index in [9.17, 15) is 0 Å². The topological polar surface area (TPSA) is 52.3 Å². The fourth-order valence-electron chi connectivity index (χ4n) is 2.40. The quantitative estimate of drug-likeness (QED) is 0.565. The minimum absolute atomic E-state index is 0.570. The zero-order chi connectivity index (χ0) is 14.2. The van der Waals surface area contributed by atoms with Gasteiger partial charge in [0, 0.05) is 17.8 Å². The summed E-state index contributed by atoms with van der Waals surface area (Å²) >= 11 is 0. The standard InChI is InChI=1S/C16H12N4O/c1-21-16-12(10-11-4-2-3-5-13(11)18-16)14-6-7-15-17-8-9-20(15)19-14/h2-10H,1H3. The normalized spacial score (nSPS) is 11.1. The third kappa shape index (κ3) is 1.90. The second-order valence-corrected chi connectivity index (χ2v) is 4.69. The van der Waals surface area contributed by atoms with Crippen LogP contribution in [-0.4, -0.2) is 26.7 Å². The fraction of sp³-hybridized carbons (Fsp3) is 0.0625. The highest BCUT2D eigenvalue weighted by atomic mass is 16.5. The highest BCUT2D eigenvalue weighted by Gasteiger charge is 2.11. The molecule has 102 valence electrons. The summed E-state index contributed by atoms with van der Waals surface area (Å²) in [6.45, 7) is 0. The van der Waals surface area contributed by atoms with Gasteiger partial charge in [-0.05, 0) is 24.3 Å². The number of ether oxygens (including phenoxy) is 1. The largest absolute Gasteiger partial charge is 0.480 e. The molecule has 0 aliphatic rings. The Morgan fingerprint density at radius 3 is 2.90 bits per heavy atom. The second kappa shape index (κ2) is 4.56. The molecule has 0 saturated heterocycles. The summed E-state index contributed by atoms with van der Waals surface area (Å²) < 4.78 is 7.17. The van der Waals surface area contributed by atoms with E-state index in [1.807, 2.05) is 48.7 Å². The van der Waals surface area contributed by atoms with Crippen LogP contribution in [0.25, 0.3) is 27.8 Å². The first-order valence-corrected chi connectivity index (χ1v) is 6.60. The van der Waals surface area contributed by atoms with Crippen molar-refractivity contribution in [1.82, 2.24) is 19.6 Å². The number of para-hydroxylation sites is 1. The summed E-state index contributed by atoms with van der Waals surface area (Å²) in [6, 6.07) is 13.9. The summed E-state index contributed by atoms with van der Waals surface area (Å²) in [6.07, 6.45) is 3.54. The zero-order valence-corrected chi connectivity index (χ0v) is 11.4. The molecule has 0 amide bonds. The van der Waals surface area contributed by atoms with Crippen LogP contribution in [0, 0.1) is 0 Å². The fourth-order valence-corrected chi connectivity index (χ4v) is 2.40. The number of hydrogen-bond acceptors (Lipinski definition) is 4. The van der Waals surface area contributed by atoms with Gasteiger partial charge >= 0.3 is 0 Å². The Morgan fingerprint density at radius 2 is 2.00 bits per heavy atom. The number of benzene rings is 1. The van der Waals surface area contributed by atoms with E-state index in [0.717, 1.165) is 27.8 Å². The van der Waals surface area contributed by atoms with E-state index in [2.05, 4.69) is 15.1 Å². The summed E-state index contributed by atoms with van der Waals surface area (Å²) in [5.41, 5.74) is 3.38. The van der Waals surface area contributed by atoms with Gasteiger partial charge in [-0.25, -0.2) is 14.5 Å². The van der Waals surface area contributed by atoms with Crippen LogP contribution in [0.1, 0.15) is 0 Å². The van der Waals surface area contributed by atoms with Crippen molar-refractivity contribution in [1.29, 1.82) is 0 Å². The lowest BCUT2D eigenvalue weighted by Gasteiger charge is -2.09. The van der Waals surface area contributed by atoms with Gasteiger partial charge in [0.15, 0.2) is 5.65 Å². The molecule has 5 heteroatoms. The van der Waals surface area contributed by atoms with Crippen molar-refractivity contribution < 1.29 is 4.74 Å². The third-order valence-electron chi connectivity index (χ3n) is 3.41. The summed E-state index contributed by atoms with van der Waals surface area (Å²) in [5.74, 6) is 0.570. The first-order chi connectivity index (χ1) is 10.3. The Hall–Kier alpha value is -2.95. The van der Waals surface area contributed by atoms with Gasteiger partial charge in [-0.2, -0.15) is 5.10 Å². The molecule has 0 N–H and O–H groups in total. The number of imidazole rings is 1.